The Kier molecular flexibility index (Phi) is 3.02. The van der Waals surface area contributed by atoms with Crippen molar-refractivity contribution < 1.29 is 4.74 Å². The van der Waals surface area contributed by atoms with Crippen LogP contribution in [0.5, 0.6) is 5.75 Å². The van der Waals surface area contributed by atoms with E-state index in [2.05, 4.69) is 20.9 Å². The molecule has 15 heavy (non-hydrogen) atoms. The average Bonchev–Trinajstić information content (AvgIpc) is 2.30. The molecule has 0 bridgehead atoms. The van der Waals surface area contributed by atoms with Crippen LogP contribution in [0.4, 0.5) is 0 Å². The SMILES string of the molecule is COc1c(Br)cccc1-c1ccccn1. The van der Waals surface area contributed by atoms with E-state index in [4.69, 9.17) is 4.74 Å². The Morgan fingerprint density at radius 3 is 2.67 bits per heavy atom. The number of methoxy groups -OCH3 is 1. The molecular formula is C12H10BrNO. The summed E-state index contributed by atoms with van der Waals surface area (Å²) in [5, 5.41) is 0. The maximum absolute atomic E-state index is 5.34. The van der Waals surface area contributed by atoms with Crippen LogP contribution in [0.2, 0.25) is 0 Å². The van der Waals surface area contributed by atoms with Gasteiger partial charge in [-0.1, -0.05) is 12.1 Å². The van der Waals surface area contributed by atoms with Crippen LogP contribution in [0, 0.1) is 0 Å². The van der Waals surface area contributed by atoms with Crippen molar-refractivity contribution in [1.29, 1.82) is 0 Å². The van der Waals surface area contributed by atoms with E-state index in [0.717, 1.165) is 21.5 Å². The lowest BCUT2D eigenvalue weighted by Gasteiger charge is -2.09. The van der Waals surface area contributed by atoms with Crippen LogP contribution in [0.1, 0.15) is 0 Å². The van der Waals surface area contributed by atoms with Gasteiger partial charge in [0.15, 0.2) is 0 Å². The normalized spacial score (nSPS) is 10.0. The van der Waals surface area contributed by atoms with E-state index in [1.807, 2.05) is 36.4 Å². The Bertz CT molecular complexity index is 456. The largest absolute Gasteiger partial charge is 0.495 e. The second-order valence-electron chi connectivity index (χ2n) is 3.04. The highest BCUT2D eigenvalue weighted by Gasteiger charge is 2.08. The van der Waals surface area contributed by atoms with E-state index in [1.54, 1.807) is 13.3 Å². The molecule has 0 atom stereocenters. The number of benzene rings is 1. The molecule has 0 spiro atoms. The summed E-state index contributed by atoms with van der Waals surface area (Å²) >= 11 is 3.45. The molecule has 76 valence electrons. The minimum atomic E-state index is 0.816. The van der Waals surface area contributed by atoms with Crippen molar-refractivity contribution in [3.8, 4) is 17.0 Å². The van der Waals surface area contributed by atoms with E-state index in [-0.39, 0.29) is 0 Å². The number of pyridine rings is 1. The molecule has 2 aromatic rings. The fourth-order valence-electron chi connectivity index (χ4n) is 1.44. The minimum Gasteiger partial charge on any atom is -0.495 e. The van der Waals surface area contributed by atoms with Crippen molar-refractivity contribution in [3.63, 3.8) is 0 Å². The van der Waals surface area contributed by atoms with Gasteiger partial charge in [-0.2, -0.15) is 0 Å². The predicted molar refractivity (Wildman–Crippen MR) is 63.9 cm³/mol. The van der Waals surface area contributed by atoms with Crippen molar-refractivity contribution >= 4 is 15.9 Å². The van der Waals surface area contributed by atoms with Gasteiger partial charge in [-0.15, -0.1) is 0 Å². The van der Waals surface area contributed by atoms with Crippen LogP contribution in [0.15, 0.2) is 47.1 Å². The third kappa shape index (κ3) is 2.02. The van der Waals surface area contributed by atoms with E-state index >= 15 is 0 Å². The van der Waals surface area contributed by atoms with E-state index < -0.39 is 0 Å². The van der Waals surface area contributed by atoms with Crippen LogP contribution in [-0.4, -0.2) is 12.1 Å². The molecule has 0 aliphatic heterocycles. The minimum absolute atomic E-state index is 0.816. The molecule has 1 heterocycles. The predicted octanol–water partition coefficient (Wildman–Crippen LogP) is 3.52. The van der Waals surface area contributed by atoms with E-state index in [9.17, 15) is 0 Å². The summed E-state index contributed by atoms with van der Waals surface area (Å²) in [6.07, 6.45) is 1.77. The Morgan fingerprint density at radius 2 is 2.00 bits per heavy atom. The summed E-state index contributed by atoms with van der Waals surface area (Å²) in [5.74, 6) is 0.816. The molecule has 0 saturated carbocycles. The fraction of sp³-hybridized carbons (Fsp3) is 0.0833. The second-order valence-corrected chi connectivity index (χ2v) is 3.89. The van der Waals surface area contributed by atoms with Crippen molar-refractivity contribution in [1.82, 2.24) is 4.98 Å². The number of rotatable bonds is 2. The molecule has 0 unspecified atom stereocenters. The molecule has 0 fully saturated rings. The molecule has 0 saturated heterocycles. The first-order valence-corrected chi connectivity index (χ1v) is 5.36. The zero-order valence-electron chi connectivity index (χ0n) is 8.27. The Labute approximate surface area is 97.1 Å². The molecule has 0 N–H and O–H groups in total. The number of halogens is 1. The summed E-state index contributed by atoms with van der Waals surface area (Å²) < 4.78 is 6.28. The van der Waals surface area contributed by atoms with Gasteiger partial charge in [-0.25, -0.2) is 0 Å². The van der Waals surface area contributed by atoms with E-state index in [1.165, 1.54) is 0 Å². The van der Waals surface area contributed by atoms with Gasteiger partial charge >= 0.3 is 0 Å². The van der Waals surface area contributed by atoms with Crippen LogP contribution >= 0.6 is 15.9 Å². The fourth-order valence-corrected chi connectivity index (χ4v) is 1.97. The Morgan fingerprint density at radius 1 is 1.13 bits per heavy atom. The summed E-state index contributed by atoms with van der Waals surface area (Å²) in [6.45, 7) is 0. The van der Waals surface area contributed by atoms with Crippen molar-refractivity contribution in [2.45, 2.75) is 0 Å². The summed E-state index contributed by atoms with van der Waals surface area (Å²) in [7, 11) is 1.66. The molecule has 1 aromatic heterocycles. The van der Waals surface area contributed by atoms with Gasteiger partial charge in [-0.05, 0) is 40.2 Å². The number of hydrogen-bond donors (Lipinski definition) is 0. The van der Waals surface area contributed by atoms with Gasteiger partial charge in [0.2, 0.25) is 0 Å². The summed E-state index contributed by atoms with van der Waals surface area (Å²) in [6, 6.07) is 11.7. The molecule has 0 amide bonds. The van der Waals surface area contributed by atoms with Gasteiger partial charge in [0.1, 0.15) is 5.75 Å². The zero-order valence-corrected chi connectivity index (χ0v) is 9.86. The van der Waals surface area contributed by atoms with Crippen molar-refractivity contribution in [2.75, 3.05) is 7.11 Å². The van der Waals surface area contributed by atoms with Gasteiger partial charge < -0.3 is 4.74 Å². The van der Waals surface area contributed by atoms with Gasteiger partial charge in [-0.3, -0.25) is 4.98 Å². The maximum Gasteiger partial charge on any atom is 0.142 e. The highest BCUT2D eigenvalue weighted by molar-refractivity contribution is 9.10. The number of aromatic nitrogens is 1. The first kappa shape index (κ1) is 10.2. The quantitative estimate of drug-likeness (QED) is 0.827. The molecule has 3 heteroatoms. The van der Waals surface area contributed by atoms with Gasteiger partial charge in [0.05, 0.1) is 17.3 Å². The molecule has 1 aromatic carbocycles. The zero-order chi connectivity index (χ0) is 10.7. The monoisotopic (exact) mass is 263 g/mol. The number of hydrogen-bond acceptors (Lipinski definition) is 2. The van der Waals surface area contributed by atoms with Crippen molar-refractivity contribution in [3.05, 3.63) is 47.1 Å². The number of para-hydroxylation sites is 1. The Hall–Kier alpha value is -1.35. The summed E-state index contributed by atoms with van der Waals surface area (Å²) in [4.78, 5) is 4.30. The van der Waals surface area contributed by atoms with Crippen LogP contribution in [-0.2, 0) is 0 Å². The molecule has 2 rings (SSSR count). The first-order chi connectivity index (χ1) is 7.33. The topological polar surface area (TPSA) is 22.1 Å². The smallest absolute Gasteiger partial charge is 0.142 e. The van der Waals surface area contributed by atoms with Gasteiger partial charge in [0, 0.05) is 11.8 Å². The third-order valence-electron chi connectivity index (χ3n) is 2.11. The van der Waals surface area contributed by atoms with Crippen LogP contribution in [0.3, 0.4) is 0 Å². The average molecular weight is 264 g/mol. The number of ether oxygens (including phenoxy) is 1. The van der Waals surface area contributed by atoms with Crippen molar-refractivity contribution in [2.24, 2.45) is 0 Å². The van der Waals surface area contributed by atoms with Gasteiger partial charge in [0.25, 0.3) is 0 Å². The molecule has 0 aliphatic carbocycles. The molecule has 0 aliphatic rings. The van der Waals surface area contributed by atoms with Crippen LogP contribution < -0.4 is 4.74 Å². The van der Waals surface area contributed by atoms with Crippen LogP contribution in [0.25, 0.3) is 11.3 Å². The summed E-state index contributed by atoms with van der Waals surface area (Å²) in [5.41, 5.74) is 1.91. The lowest BCUT2D eigenvalue weighted by molar-refractivity contribution is 0.413. The highest BCUT2D eigenvalue weighted by Crippen LogP contribution is 2.34. The van der Waals surface area contributed by atoms with E-state index in [0.29, 0.717) is 0 Å². The highest BCUT2D eigenvalue weighted by atomic mass is 79.9. The first-order valence-electron chi connectivity index (χ1n) is 4.57. The molecule has 2 nitrogen and oxygen atoms in total. The lowest BCUT2D eigenvalue weighted by Crippen LogP contribution is -1.90. The number of nitrogens with zero attached hydrogens (tertiary/aromatic N) is 1. The molecule has 0 radical (unpaired) electrons. The lowest BCUT2D eigenvalue weighted by atomic mass is 10.1. The standard InChI is InChI=1S/C12H10BrNO/c1-15-12-9(5-4-6-10(12)13)11-7-2-3-8-14-11/h2-8H,1H3. The second kappa shape index (κ2) is 4.45. The maximum atomic E-state index is 5.34. The third-order valence-corrected chi connectivity index (χ3v) is 2.74. The molecular weight excluding hydrogens is 254 g/mol. The Balaban J connectivity index is 2.58.